The van der Waals surface area contributed by atoms with Crippen LogP contribution in [0.4, 0.5) is 0 Å². The molecule has 0 radical (unpaired) electrons. The Labute approximate surface area is 102 Å². The molecule has 0 saturated carbocycles. The molecule has 1 amide bonds. The van der Waals surface area contributed by atoms with Gasteiger partial charge in [0.05, 0.1) is 6.26 Å². The van der Waals surface area contributed by atoms with E-state index in [0.717, 1.165) is 11.1 Å². The zero-order chi connectivity index (χ0) is 12.5. The number of pyridine rings is 2. The van der Waals surface area contributed by atoms with Gasteiger partial charge in [-0.2, -0.15) is 0 Å². The van der Waals surface area contributed by atoms with E-state index in [4.69, 9.17) is 10.2 Å². The number of primary amides is 1. The lowest BCUT2D eigenvalue weighted by atomic mass is 10.1. The Hall–Kier alpha value is -2.69. The van der Waals surface area contributed by atoms with Crippen LogP contribution in [0.25, 0.3) is 22.2 Å². The van der Waals surface area contributed by atoms with Gasteiger partial charge < -0.3 is 10.2 Å². The van der Waals surface area contributed by atoms with Crippen LogP contribution in [0.5, 0.6) is 0 Å². The Balaban J connectivity index is 2.22. The van der Waals surface area contributed by atoms with E-state index in [1.807, 2.05) is 6.07 Å². The molecule has 0 unspecified atom stereocenters. The molecule has 0 aliphatic rings. The van der Waals surface area contributed by atoms with Crippen LogP contribution in [0, 0.1) is 0 Å². The minimum Gasteiger partial charge on any atom is -0.463 e. The maximum Gasteiger partial charge on any atom is 0.267 e. The van der Waals surface area contributed by atoms with E-state index in [1.165, 1.54) is 6.20 Å². The molecule has 18 heavy (non-hydrogen) atoms. The van der Waals surface area contributed by atoms with Gasteiger partial charge in [-0.15, -0.1) is 0 Å². The zero-order valence-electron chi connectivity index (χ0n) is 9.33. The number of fused-ring (bicyclic) bond motifs is 1. The lowest BCUT2D eigenvalue weighted by Gasteiger charge is -2.04. The lowest BCUT2D eigenvalue weighted by molar-refractivity contribution is 0.0996. The van der Waals surface area contributed by atoms with Crippen LogP contribution in [0.1, 0.15) is 10.5 Å². The summed E-state index contributed by atoms with van der Waals surface area (Å²) in [6.45, 7) is 0. The van der Waals surface area contributed by atoms with Crippen molar-refractivity contribution < 1.29 is 9.21 Å². The monoisotopic (exact) mass is 239 g/mol. The molecule has 0 atom stereocenters. The van der Waals surface area contributed by atoms with Crippen LogP contribution in [-0.4, -0.2) is 15.9 Å². The van der Waals surface area contributed by atoms with Gasteiger partial charge in [-0.25, -0.2) is 0 Å². The van der Waals surface area contributed by atoms with Gasteiger partial charge in [-0.05, 0) is 12.1 Å². The van der Waals surface area contributed by atoms with Crippen molar-refractivity contribution in [2.24, 2.45) is 5.73 Å². The van der Waals surface area contributed by atoms with Crippen molar-refractivity contribution in [2.75, 3.05) is 0 Å². The maximum absolute atomic E-state index is 11.3. The quantitative estimate of drug-likeness (QED) is 0.741. The summed E-state index contributed by atoms with van der Waals surface area (Å²) in [5, 5.41) is 0. The Kier molecular flexibility index (Phi) is 2.30. The van der Waals surface area contributed by atoms with E-state index in [0.29, 0.717) is 11.1 Å². The molecule has 3 rings (SSSR count). The van der Waals surface area contributed by atoms with Crippen molar-refractivity contribution >= 4 is 17.0 Å². The Morgan fingerprint density at radius 2 is 2.17 bits per heavy atom. The van der Waals surface area contributed by atoms with Gasteiger partial charge in [0.25, 0.3) is 5.91 Å². The van der Waals surface area contributed by atoms with Gasteiger partial charge in [-0.1, -0.05) is 6.07 Å². The molecule has 0 fully saturated rings. The number of carbonyl (C=O) groups excluding carboxylic acids is 1. The highest BCUT2D eigenvalue weighted by atomic mass is 16.3. The van der Waals surface area contributed by atoms with E-state index >= 15 is 0 Å². The van der Waals surface area contributed by atoms with Gasteiger partial charge in [0.1, 0.15) is 11.2 Å². The fourth-order valence-electron chi connectivity index (χ4n) is 1.83. The number of nitrogens with two attached hydrogens (primary N) is 1. The number of amides is 1. The highest BCUT2D eigenvalue weighted by molar-refractivity contribution is 5.98. The third-order valence-electron chi connectivity index (χ3n) is 2.65. The predicted molar refractivity (Wildman–Crippen MR) is 65.8 cm³/mol. The number of furan rings is 1. The van der Waals surface area contributed by atoms with Gasteiger partial charge in [0, 0.05) is 29.6 Å². The lowest BCUT2D eigenvalue weighted by Crippen LogP contribution is -2.14. The largest absolute Gasteiger partial charge is 0.463 e. The topological polar surface area (TPSA) is 82.0 Å². The Morgan fingerprint density at radius 1 is 1.28 bits per heavy atom. The SMILES string of the molecule is NC(=O)c1ncccc1-c1cnc2ccoc2c1. The highest BCUT2D eigenvalue weighted by Gasteiger charge is 2.12. The molecular weight excluding hydrogens is 230 g/mol. The molecule has 88 valence electrons. The molecule has 0 aliphatic heterocycles. The van der Waals surface area contributed by atoms with E-state index in [9.17, 15) is 4.79 Å². The van der Waals surface area contributed by atoms with E-state index < -0.39 is 5.91 Å². The molecule has 0 aromatic carbocycles. The average Bonchev–Trinajstić information content (AvgIpc) is 2.85. The Bertz CT molecular complexity index is 734. The van der Waals surface area contributed by atoms with Crippen molar-refractivity contribution in [1.29, 1.82) is 0 Å². The molecule has 5 nitrogen and oxygen atoms in total. The molecule has 0 saturated heterocycles. The zero-order valence-corrected chi connectivity index (χ0v) is 9.33. The second kappa shape index (κ2) is 3.96. The first kappa shape index (κ1) is 10.5. The Morgan fingerprint density at radius 3 is 3.00 bits per heavy atom. The van der Waals surface area contributed by atoms with Crippen molar-refractivity contribution in [3.05, 3.63) is 48.6 Å². The fourth-order valence-corrected chi connectivity index (χ4v) is 1.83. The molecule has 2 N–H and O–H groups in total. The molecule has 0 spiro atoms. The average molecular weight is 239 g/mol. The van der Waals surface area contributed by atoms with Crippen LogP contribution < -0.4 is 5.73 Å². The minimum atomic E-state index is -0.565. The van der Waals surface area contributed by atoms with Gasteiger partial charge in [0.2, 0.25) is 0 Å². The summed E-state index contributed by atoms with van der Waals surface area (Å²) in [6.07, 6.45) is 4.77. The molecule has 0 bridgehead atoms. The third-order valence-corrected chi connectivity index (χ3v) is 2.65. The number of carbonyl (C=O) groups is 1. The number of rotatable bonds is 2. The first-order valence-corrected chi connectivity index (χ1v) is 5.34. The molecule has 5 heteroatoms. The van der Waals surface area contributed by atoms with Gasteiger partial charge in [0.15, 0.2) is 5.58 Å². The van der Waals surface area contributed by atoms with Crippen LogP contribution >= 0.6 is 0 Å². The normalized spacial score (nSPS) is 10.7. The minimum absolute atomic E-state index is 0.227. The van der Waals surface area contributed by atoms with Crippen molar-refractivity contribution in [3.63, 3.8) is 0 Å². The predicted octanol–water partition coefficient (Wildman–Crippen LogP) is 1.99. The van der Waals surface area contributed by atoms with Crippen molar-refractivity contribution in [2.45, 2.75) is 0 Å². The summed E-state index contributed by atoms with van der Waals surface area (Å²) in [5.41, 5.74) is 8.35. The van der Waals surface area contributed by atoms with Crippen LogP contribution in [0.2, 0.25) is 0 Å². The second-order valence-corrected chi connectivity index (χ2v) is 3.79. The summed E-state index contributed by atoms with van der Waals surface area (Å²) in [5.74, 6) is -0.565. The number of hydrogen-bond donors (Lipinski definition) is 1. The number of nitrogens with zero attached hydrogens (tertiary/aromatic N) is 2. The van der Waals surface area contributed by atoms with Crippen LogP contribution in [-0.2, 0) is 0 Å². The standard InChI is InChI=1S/C13H9N3O2/c14-13(17)12-9(2-1-4-15-12)8-6-11-10(16-7-8)3-5-18-11/h1-7H,(H2,14,17). The fraction of sp³-hybridized carbons (Fsp3) is 0. The highest BCUT2D eigenvalue weighted by Crippen LogP contribution is 2.24. The summed E-state index contributed by atoms with van der Waals surface area (Å²) < 4.78 is 5.28. The summed E-state index contributed by atoms with van der Waals surface area (Å²) in [7, 11) is 0. The van der Waals surface area contributed by atoms with E-state index in [2.05, 4.69) is 9.97 Å². The van der Waals surface area contributed by atoms with Crippen molar-refractivity contribution in [1.82, 2.24) is 9.97 Å². The summed E-state index contributed by atoms with van der Waals surface area (Å²) >= 11 is 0. The van der Waals surface area contributed by atoms with Gasteiger partial charge in [-0.3, -0.25) is 14.8 Å². The molecular formula is C13H9N3O2. The molecule has 3 aromatic heterocycles. The first-order valence-electron chi connectivity index (χ1n) is 5.34. The third kappa shape index (κ3) is 1.62. The number of aromatic nitrogens is 2. The number of hydrogen-bond acceptors (Lipinski definition) is 4. The molecule has 3 aromatic rings. The van der Waals surface area contributed by atoms with Gasteiger partial charge >= 0.3 is 0 Å². The summed E-state index contributed by atoms with van der Waals surface area (Å²) in [6, 6.07) is 7.11. The van der Waals surface area contributed by atoms with Crippen LogP contribution in [0.3, 0.4) is 0 Å². The van der Waals surface area contributed by atoms with Crippen LogP contribution in [0.15, 0.2) is 47.3 Å². The van der Waals surface area contributed by atoms with E-state index in [1.54, 1.807) is 30.7 Å². The van der Waals surface area contributed by atoms with Crippen molar-refractivity contribution in [3.8, 4) is 11.1 Å². The first-order chi connectivity index (χ1) is 8.75. The van der Waals surface area contributed by atoms with E-state index in [-0.39, 0.29) is 5.69 Å². The maximum atomic E-state index is 11.3. The molecule has 3 heterocycles. The molecule has 0 aliphatic carbocycles. The smallest absolute Gasteiger partial charge is 0.267 e. The summed E-state index contributed by atoms with van der Waals surface area (Å²) in [4.78, 5) is 19.6. The second-order valence-electron chi connectivity index (χ2n) is 3.79.